The van der Waals surface area contributed by atoms with Crippen molar-refractivity contribution in [3.8, 4) is 0 Å². The van der Waals surface area contributed by atoms with Gasteiger partial charge in [-0.15, -0.1) is 11.3 Å². The lowest BCUT2D eigenvalue weighted by molar-refractivity contribution is -0.123. The Bertz CT molecular complexity index is 1560. The zero-order valence-electron chi connectivity index (χ0n) is 22.3. The van der Waals surface area contributed by atoms with Crippen molar-refractivity contribution in [2.45, 2.75) is 46.6 Å². The van der Waals surface area contributed by atoms with E-state index in [-0.39, 0.29) is 5.41 Å². The van der Waals surface area contributed by atoms with Crippen molar-refractivity contribution in [2.24, 2.45) is 11.3 Å². The number of nitrogens with one attached hydrogen (secondary N) is 1. The van der Waals surface area contributed by atoms with Crippen LogP contribution in [0.3, 0.4) is 0 Å². The first-order valence-corrected chi connectivity index (χ1v) is 14.2. The molecule has 5 rings (SSSR count). The smallest absolute Gasteiger partial charge is 0.339 e. The largest absolute Gasteiger partial charge is 0.449 e. The summed E-state index contributed by atoms with van der Waals surface area (Å²) in [5.41, 5.74) is 4.02. The van der Waals surface area contributed by atoms with E-state index in [0.717, 1.165) is 39.0 Å². The van der Waals surface area contributed by atoms with Gasteiger partial charge in [0.25, 0.3) is 5.91 Å². The topological polar surface area (TPSA) is 81.2 Å². The second kappa shape index (κ2) is 10.9. The van der Waals surface area contributed by atoms with Crippen LogP contribution >= 0.6 is 22.9 Å². The fourth-order valence-electron chi connectivity index (χ4n) is 4.87. The van der Waals surface area contributed by atoms with Gasteiger partial charge in [-0.2, -0.15) is 0 Å². The highest BCUT2D eigenvalue weighted by Gasteiger charge is 2.36. The van der Waals surface area contributed by atoms with Crippen LogP contribution in [0.5, 0.6) is 0 Å². The van der Waals surface area contributed by atoms with E-state index in [1.807, 2.05) is 30.3 Å². The summed E-state index contributed by atoms with van der Waals surface area (Å²) >= 11 is 7.56. The van der Waals surface area contributed by atoms with Crippen LogP contribution in [0.15, 0.2) is 60.1 Å². The maximum Gasteiger partial charge on any atom is 0.339 e. The average molecular weight is 560 g/mol. The monoisotopic (exact) mass is 559 g/mol. The zero-order chi connectivity index (χ0) is 27.7. The predicted molar refractivity (Wildman–Crippen MR) is 158 cm³/mol. The summed E-state index contributed by atoms with van der Waals surface area (Å²) in [6.07, 6.45) is 4.14. The van der Waals surface area contributed by atoms with Gasteiger partial charge in [-0.3, -0.25) is 4.79 Å². The van der Waals surface area contributed by atoms with Crippen LogP contribution in [0.1, 0.15) is 60.6 Å². The number of aromatic nitrogens is 2. The Morgan fingerprint density at radius 1 is 1.13 bits per heavy atom. The van der Waals surface area contributed by atoms with Crippen molar-refractivity contribution >= 4 is 63.2 Å². The van der Waals surface area contributed by atoms with E-state index in [0.29, 0.717) is 28.7 Å². The summed E-state index contributed by atoms with van der Waals surface area (Å²) in [7, 11) is 0. The molecule has 3 heterocycles. The van der Waals surface area contributed by atoms with Crippen LogP contribution in [-0.2, 0) is 16.0 Å². The molecule has 0 saturated carbocycles. The molecule has 200 valence electrons. The Morgan fingerprint density at radius 2 is 1.92 bits per heavy atom. The van der Waals surface area contributed by atoms with Crippen molar-refractivity contribution < 1.29 is 14.3 Å². The summed E-state index contributed by atoms with van der Waals surface area (Å²) in [6.45, 7) is 8.25. The number of fused-ring (bicyclic) bond motifs is 2. The fourth-order valence-corrected chi connectivity index (χ4v) is 5.66. The molecule has 0 spiro atoms. The van der Waals surface area contributed by atoms with Crippen LogP contribution in [0, 0.1) is 11.3 Å². The maximum absolute atomic E-state index is 13.8. The fraction of sp³-hybridized carbons (Fsp3) is 0.290. The van der Waals surface area contributed by atoms with Gasteiger partial charge in [-0.1, -0.05) is 56.6 Å². The summed E-state index contributed by atoms with van der Waals surface area (Å²) < 4.78 is 5.78. The molecule has 0 radical (unpaired) electrons. The van der Waals surface area contributed by atoms with Crippen molar-refractivity contribution in [3.05, 3.63) is 86.8 Å². The highest BCUT2D eigenvalue weighted by molar-refractivity contribution is 7.10. The van der Waals surface area contributed by atoms with Gasteiger partial charge in [-0.05, 0) is 78.0 Å². The number of ether oxygens (including phenoxy) is 1. The number of pyridine rings is 2. The van der Waals surface area contributed by atoms with Crippen molar-refractivity contribution in [3.63, 3.8) is 0 Å². The lowest BCUT2D eigenvalue weighted by atomic mass is 9.69. The molecule has 4 aromatic rings. The molecule has 0 unspecified atom stereocenters. The van der Waals surface area contributed by atoms with Gasteiger partial charge >= 0.3 is 5.97 Å². The van der Waals surface area contributed by atoms with Gasteiger partial charge in [0.15, 0.2) is 6.10 Å². The number of rotatable bonds is 5. The molecular weight excluding hydrogens is 530 g/mol. The number of allylic oxidation sites excluding steroid dienone is 1. The number of anilines is 1. The molecule has 1 amide bonds. The van der Waals surface area contributed by atoms with E-state index < -0.39 is 18.0 Å². The van der Waals surface area contributed by atoms with E-state index >= 15 is 0 Å². The Labute approximate surface area is 237 Å². The number of esters is 1. The van der Waals surface area contributed by atoms with Crippen LogP contribution in [0.4, 0.5) is 5.82 Å². The molecule has 0 bridgehead atoms. The van der Waals surface area contributed by atoms with E-state index in [2.05, 4.69) is 48.6 Å². The number of thiophene rings is 1. The van der Waals surface area contributed by atoms with E-state index in [1.165, 1.54) is 6.20 Å². The molecule has 1 aromatic carbocycles. The van der Waals surface area contributed by atoms with Gasteiger partial charge in [0.05, 0.1) is 21.8 Å². The Morgan fingerprint density at radius 3 is 2.62 bits per heavy atom. The van der Waals surface area contributed by atoms with Crippen LogP contribution < -0.4 is 5.32 Å². The van der Waals surface area contributed by atoms with Gasteiger partial charge < -0.3 is 10.1 Å². The summed E-state index contributed by atoms with van der Waals surface area (Å²) in [6, 6.07) is 14.9. The number of para-hydroxylation sites is 1. The number of hydrogen-bond donors (Lipinski definition) is 1. The molecule has 8 heteroatoms. The molecule has 1 aliphatic rings. The second-order valence-corrected chi connectivity index (χ2v) is 12.3. The third-order valence-corrected chi connectivity index (χ3v) is 8.18. The van der Waals surface area contributed by atoms with Crippen LogP contribution in [-0.4, -0.2) is 27.9 Å². The summed E-state index contributed by atoms with van der Waals surface area (Å²) in [5.74, 6) is -0.393. The minimum Gasteiger partial charge on any atom is -0.449 e. The van der Waals surface area contributed by atoms with E-state index in [4.69, 9.17) is 21.3 Å². The highest BCUT2D eigenvalue weighted by Crippen LogP contribution is 2.45. The number of halogens is 1. The number of benzene rings is 1. The van der Waals surface area contributed by atoms with Crippen LogP contribution in [0.25, 0.3) is 22.6 Å². The first-order valence-electron chi connectivity index (χ1n) is 12.9. The maximum atomic E-state index is 13.8. The molecular formula is C31H30ClN3O3S. The van der Waals surface area contributed by atoms with Gasteiger partial charge in [0, 0.05) is 16.5 Å². The molecule has 3 aromatic heterocycles. The van der Waals surface area contributed by atoms with E-state index in [1.54, 1.807) is 30.4 Å². The first-order chi connectivity index (χ1) is 18.6. The highest BCUT2D eigenvalue weighted by atomic mass is 35.5. The van der Waals surface area contributed by atoms with Crippen molar-refractivity contribution in [2.75, 3.05) is 5.32 Å². The molecule has 0 aliphatic heterocycles. The Hall–Kier alpha value is -3.55. The second-order valence-electron chi connectivity index (χ2n) is 10.9. The molecule has 39 heavy (non-hydrogen) atoms. The number of amides is 1. The predicted octanol–water partition coefficient (Wildman–Crippen LogP) is 7.68. The van der Waals surface area contributed by atoms with Gasteiger partial charge in [-0.25, -0.2) is 14.8 Å². The lowest BCUT2D eigenvalue weighted by Crippen LogP contribution is -2.32. The summed E-state index contributed by atoms with van der Waals surface area (Å²) in [4.78, 5) is 37.0. The van der Waals surface area contributed by atoms with Gasteiger partial charge in [0.1, 0.15) is 5.82 Å². The lowest BCUT2D eigenvalue weighted by Gasteiger charge is -2.36. The summed E-state index contributed by atoms with van der Waals surface area (Å²) in [5, 5.41) is 5.91. The number of hydrogen-bond acceptors (Lipinski definition) is 6. The Kier molecular flexibility index (Phi) is 7.56. The van der Waals surface area contributed by atoms with Crippen molar-refractivity contribution in [1.29, 1.82) is 0 Å². The Balaban J connectivity index is 1.55. The number of carbonyl (C=O) groups is 2. The first kappa shape index (κ1) is 27.0. The van der Waals surface area contributed by atoms with Gasteiger partial charge in [0.2, 0.25) is 0 Å². The van der Waals surface area contributed by atoms with E-state index in [9.17, 15) is 9.59 Å². The average Bonchev–Trinajstić information content (AvgIpc) is 3.41. The standard InChI is InChI=1S/C31H30ClN3O3S/c1-18(29(36)35-26-12-11-21(32)17-33-26)38-30(37)27-23-9-5-6-10-25(23)34-28-19(15-22-8-7-13-39-22)14-20(16-24(27)28)31(2,3)4/h5-13,15,17-18,20H,14,16H2,1-4H3,(H,33,35,36)/b19-15-/t18-,20-/m1/s1. The third kappa shape index (κ3) is 5.89. The quantitative estimate of drug-likeness (QED) is 0.254. The third-order valence-electron chi connectivity index (χ3n) is 7.13. The minimum absolute atomic E-state index is 0.0117. The van der Waals surface area contributed by atoms with Crippen LogP contribution in [0.2, 0.25) is 5.02 Å². The molecule has 2 atom stereocenters. The molecule has 1 aliphatic carbocycles. The molecule has 6 nitrogen and oxygen atoms in total. The SMILES string of the molecule is C[C@@H](OC(=O)c1c2c(nc3ccccc13)/C(=C\c1cccs1)C[C@@H](C(C)(C)C)C2)C(=O)Nc1ccc(Cl)cn1. The number of nitrogens with zero attached hydrogens (tertiary/aromatic N) is 2. The normalized spacial score (nSPS) is 17.1. The molecule has 0 saturated heterocycles. The zero-order valence-corrected chi connectivity index (χ0v) is 23.9. The number of carbonyl (C=O) groups excluding carboxylic acids is 2. The minimum atomic E-state index is -1.04. The molecule has 0 fully saturated rings. The van der Waals surface area contributed by atoms with Crippen molar-refractivity contribution in [1.82, 2.24) is 9.97 Å². The molecule has 1 N–H and O–H groups in total.